The van der Waals surface area contributed by atoms with Crippen molar-refractivity contribution in [3.63, 3.8) is 0 Å². The molecule has 0 radical (unpaired) electrons. The lowest BCUT2D eigenvalue weighted by atomic mass is 9.72. The summed E-state index contributed by atoms with van der Waals surface area (Å²) < 4.78 is 11.4. The number of aromatic nitrogens is 1. The minimum absolute atomic E-state index is 0.253. The number of cyclic esters (lactones) is 1. The van der Waals surface area contributed by atoms with Crippen LogP contribution in [0.1, 0.15) is 90.4 Å². The van der Waals surface area contributed by atoms with Crippen LogP contribution >= 0.6 is 0 Å². The van der Waals surface area contributed by atoms with E-state index in [2.05, 4.69) is 16.1 Å². The molecule has 1 aromatic carbocycles. The summed E-state index contributed by atoms with van der Waals surface area (Å²) in [7, 11) is 0. The van der Waals surface area contributed by atoms with Gasteiger partial charge in [0, 0.05) is 18.9 Å². The van der Waals surface area contributed by atoms with Crippen molar-refractivity contribution >= 4 is 46.6 Å². The van der Waals surface area contributed by atoms with E-state index in [0.29, 0.717) is 50.8 Å². The Morgan fingerprint density at radius 2 is 1.70 bits per heavy atom. The number of pyridine rings is 1. The number of hydrazine groups is 1. The molecule has 252 valence electrons. The van der Waals surface area contributed by atoms with Gasteiger partial charge in [-0.1, -0.05) is 44.2 Å². The highest BCUT2D eigenvalue weighted by molar-refractivity contribution is 5.92. The van der Waals surface area contributed by atoms with E-state index in [9.17, 15) is 24.0 Å². The summed E-state index contributed by atoms with van der Waals surface area (Å²) in [5, 5.41) is 8.05. The third-order valence-corrected chi connectivity index (χ3v) is 9.29. The second kappa shape index (κ2) is 14.2. The highest BCUT2D eigenvalue weighted by atomic mass is 16.6. The van der Waals surface area contributed by atoms with Crippen LogP contribution in [-0.4, -0.2) is 70.5 Å². The van der Waals surface area contributed by atoms with Crippen LogP contribution in [0.25, 0.3) is 17.0 Å². The number of nitrogens with one attached hydrogen (secondary N) is 3. The molecule has 2 aromatic rings. The monoisotopic (exact) mass is 647 g/mol. The molecule has 12 heteroatoms. The Balaban J connectivity index is 1.52. The molecule has 1 spiro atoms. The van der Waals surface area contributed by atoms with Gasteiger partial charge in [-0.25, -0.2) is 5.43 Å². The molecule has 1 saturated carbocycles. The van der Waals surface area contributed by atoms with E-state index in [0.717, 1.165) is 16.5 Å². The van der Waals surface area contributed by atoms with Gasteiger partial charge in [0.05, 0.1) is 22.7 Å². The quantitative estimate of drug-likeness (QED) is 0.415. The zero-order chi connectivity index (χ0) is 33.9. The number of nitrogens with zero attached hydrogens (tertiary/aromatic N) is 2. The van der Waals surface area contributed by atoms with Crippen molar-refractivity contribution in [3.8, 4) is 0 Å². The van der Waals surface area contributed by atoms with Gasteiger partial charge in [0.25, 0.3) is 11.8 Å². The fourth-order valence-electron chi connectivity index (χ4n) is 6.49. The van der Waals surface area contributed by atoms with E-state index in [1.54, 1.807) is 20.8 Å². The molecular formula is C35H45N5O7. The molecule has 3 N–H and O–H groups in total. The lowest BCUT2D eigenvalue weighted by molar-refractivity contribution is -0.169. The summed E-state index contributed by atoms with van der Waals surface area (Å²) in [4.78, 5) is 70.7. The predicted molar refractivity (Wildman–Crippen MR) is 174 cm³/mol. The molecule has 3 amide bonds. The van der Waals surface area contributed by atoms with Crippen molar-refractivity contribution in [1.29, 1.82) is 0 Å². The molecule has 12 nitrogen and oxygen atoms in total. The topological polar surface area (TPSA) is 156 Å². The molecule has 1 saturated heterocycles. The molecule has 3 aliphatic rings. The summed E-state index contributed by atoms with van der Waals surface area (Å²) in [5.41, 5.74) is 4.19. The summed E-state index contributed by atoms with van der Waals surface area (Å²) in [5.74, 6) is -2.54. The zero-order valence-corrected chi connectivity index (χ0v) is 27.7. The van der Waals surface area contributed by atoms with Gasteiger partial charge >= 0.3 is 11.9 Å². The van der Waals surface area contributed by atoms with Crippen LogP contribution in [0.4, 0.5) is 0 Å². The molecule has 2 fully saturated rings. The SMILES string of the molecule is CC(=O)OC1CCC2(/C=C\c3ccc4ccc(nc4c3)[C@@H](C)NC(=O)[C@@H]3CCCN(N3)C(=O)[C@H](C)NC(=O)[C@H](C(C)C)OC2=O)CC1. The van der Waals surface area contributed by atoms with Gasteiger partial charge in [0.15, 0.2) is 6.10 Å². The first-order valence-electron chi connectivity index (χ1n) is 16.5. The number of esters is 2. The molecule has 4 atom stereocenters. The van der Waals surface area contributed by atoms with E-state index >= 15 is 0 Å². The van der Waals surface area contributed by atoms with E-state index in [1.165, 1.54) is 11.9 Å². The lowest BCUT2D eigenvalue weighted by Crippen LogP contribution is -2.61. The highest BCUT2D eigenvalue weighted by Gasteiger charge is 2.44. The number of fused-ring (bicyclic) bond motifs is 4. The van der Waals surface area contributed by atoms with Gasteiger partial charge < -0.3 is 20.1 Å². The van der Waals surface area contributed by atoms with Gasteiger partial charge in [-0.05, 0) is 76.0 Å². The fraction of sp³-hybridized carbons (Fsp3) is 0.543. The van der Waals surface area contributed by atoms with Gasteiger partial charge in [-0.2, -0.15) is 0 Å². The molecule has 1 aromatic heterocycles. The Labute approximate surface area is 275 Å². The van der Waals surface area contributed by atoms with Gasteiger partial charge in [-0.15, -0.1) is 0 Å². The standard InChI is InChI=1S/C35H45N5O7/c1-20(2)30-32(43)37-22(4)33(44)40-18-6-7-28(39-40)31(42)36-21(3)27-11-10-25-9-8-24(19-29(25)38-27)12-15-35(34(45)47-30)16-13-26(14-17-35)46-23(5)41/h8-12,15,19-22,26,28,30,39H,6-7,13-14,16-18H2,1-5H3,(H,36,42)(H,37,43)/b15-12-/t21-,22+,26?,28+,30+,35?/m1/s1. The molecule has 3 heterocycles. The van der Waals surface area contributed by atoms with E-state index in [-0.39, 0.29) is 23.9 Å². The van der Waals surface area contributed by atoms with E-state index in [4.69, 9.17) is 14.5 Å². The zero-order valence-electron chi connectivity index (χ0n) is 27.7. The van der Waals surface area contributed by atoms with Crippen molar-refractivity contribution < 1.29 is 33.4 Å². The lowest BCUT2D eigenvalue weighted by Gasteiger charge is -2.37. The number of ether oxygens (including phenoxy) is 2. The van der Waals surface area contributed by atoms with Crippen molar-refractivity contribution in [2.75, 3.05) is 6.54 Å². The van der Waals surface area contributed by atoms with E-state index in [1.807, 2.05) is 49.4 Å². The Hall–Kier alpha value is -4.32. The Kier molecular flexibility index (Phi) is 10.3. The molecular weight excluding hydrogens is 602 g/mol. The van der Waals surface area contributed by atoms with Gasteiger partial charge in [-0.3, -0.25) is 34.0 Å². The molecule has 2 aliphatic heterocycles. The number of hydrogen-bond acceptors (Lipinski definition) is 9. The molecule has 0 unspecified atom stereocenters. The summed E-state index contributed by atoms with van der Waals surface area (Å²) in [6.45, 7) is 8.72. The summed E-state index contributed by atoms with van der Waals surface area (Å²) in [6.07, 6.45) is 5.00. The second-order valence-corrected chi connectivity index (χ2v) is 13.3. The van der Waals surface area contributed by atoms with Crippen LogP contribution in [0.5, 0.6) is 0 Å². The Bertz CT molecular complexity index is 1560. The molecule has 47 heavy (non-hydrogen) atoms. The molecule has 1 aliphatic carbocycles. The first-order valence-corrected chi connectivity index (χ1v) is 16.5. The Morgan fingerprint density at radius 1 is 1.00 bits per heavy atom. The smallest absolute Gasteiger partial charge is 0.316 e. The highest BCUT2D eigenvalue weighted by Crippen LogP contribution is 2.41. The van der Waals surface area contributed by atoms with Crippen molar-refractivity contribution in [1.82, 2.24) is 26.1 Å². The number of carbonyl (C=O) groups excluding carboxylic acids is 5. The fourth-order valence-corrected chi connectivity index (χ4v) is 6.49. The second-order valence-electron chi connectivity index (χ2n) is 13.3. The van der Waals surface area contributed by atoms with Crippen molar-refractivity contribution in [3.05, 3.63) is 47.7 Å². The van der Waals surface area contributed by atoms with Crippen LogP contribution in [0.15, 0.2) is 36.4 Å². The average molecular weight is 648 g/mol. The third-order valence-electron chi connectivity index (χ3n) is 9.29. The first-order chi connectivity index (χ1) is 22.3. The van der Waals surface area contributed by atoms with Gasteiger partial charge in [0.1, 0.15) is 18.2 Å². The summed E-state index contributed by atoms with van der Waals surface area (Å²) >= 11 is 0. The number of amides is 3. The van der Waals surface area contributed by atoms with Crippen LogP contribution in [0.3, 0.4) is 0 Å². The third kappa shape index (κ3) is 7.81. The Morgan fingerprint density at radius 3 is 2.40 bits per heavy atom. The van der Waals surface area contributed by atoms with Crippen molar-refractivity contribution in [2.24, 2.45) is 11.3 Å². The maximum Gasteiger partial charge on any atom is 0.316 e. The van der Waals surface area contributed by atoms with Gasteiger partial charge in [0.2, 0.25) is 5.91 Å². The number of carbonyl (C=O) groups is 5. The maximum absolute atomic E-state index is 14.1. The summed E-state index contributed by atoms with van der Waals surface area (Å²) in [6, 6.07) is 7.66. The van der Waals surface area contributed by atoms with Crippen LogP contribution < -0.4 is 16.1 Å². The van der Waals surface area contributed by atoms with Crippen LogP contribution in [0, 0.1) is 11.3 Å². The average Bonchev–Trinajstić information content (AvgIpc) is 3.05. The maximum atomic E-state index is 14.1. The first kappa shape index (κ1) is 34.0. The predicted octanol–water partition coefficient (Wildman–Crippen LogP) is 3.50. The van der Waals surface area contributed by atoms with Crippen LogP contribution in [-0.2, 0) is 33.4 Å². The normalized spacial score (nSPS) is 30.1. The van der Waals surface area contributed by atoms with Crippen molar-refractivity contribution in [2.45, 2.75) is 103 Å². The number of hydrogen-bond donors (Lipinski definition) is 3. The number of benzene rings is 1. The van der Waals surface area contributed by atoms with E-state index < -0.39 is 47.4 Å². The van der Waals surface area contributed by atoms with Crippen LogP contribution in [0.2, 0.25) is 0 Å². The molecule has 5 rings (SSSR count). The number of rotatable bonds is 2. The largest absolute Gasteiger partial charge is 0.463 e. The molecule has 5 bridgehead atoms. The minimum Gasteiger partial charge on any atom is -0.463 e. The minimum atomic E-state index is -1.15.